The van der Waals surface area contributed by atoms with Gasteiger partial charge in [-0.15, -0.1) is 0 Å². The topological polar surface area (TPSA) is 62.3 Å². The van der Waals surface area contributed by atoms with E-state index in [1.165, 1.54) is 37.7 Å². The Hall–Kier alpha value is -2.69. The van der Waals surface area contributed by atoms with Crippen molar-refractivity contribution >= 4 is 11.8 Å². The Labute approximate surface area is 198 Å². The van der Waals surface area contributed by atoms with Crippen molar-refractivity contribution in [2.75, 3.05) is 19.6 Å². The molecule has 2 aromatic rings. The molecule has 2 aliphatic rings. The number of aromatic nitrogens is 1. The van der Waals surface area contributed by atoms with Gasteiger partial charge in [-0.1, -0.05) is 43.5 Å². The summed E-state index contributed by atoms with van der Waals surface area (Å²) < 4.78 is 0. The first-order chi connectivity index (χ1) is 16.1. The first kappa shape index (κ1) is 23.5. The van der Waals surface area contributed by atoms with Crippen molar-refractivity contribution in [2.45, 2.75) is 64.7 Å². The molecule has 2 amide bonds. The highest BCUT2D eigenvalue weighted by Gasteiger charge is 2.42. The molecule has 4 rings (SSSR count). The number of nitrogens with zero attached hydrogens (tertiary/aromatic N) is 2. The minimum atomic E-state index is -0.485. The van der Waals surface area contributed by atoms with Gasteiger partial charge >= 0.3 is 0 Å². The maximum atomic E-state index is 13.3. The summed E-state index contributed by atoms with van der Waals surface area (Å²) >= 11 is 0. The predicted octanol–water partition coefficient (Wildman–Crippen LogP) is 5.01. The molecule has 0 spiro atoms. The van der Waals surface area contributed by atoms with Crippen LogP contribution in [0.3, 0.4) is 0 Å². The third kappa shape index (κ3) is 5.63. The van der Waals surface area contributed by atoms with Gasteiger partial charge in [0.1, 0.15) is 0 Å². The van der Waals surface area contributed by atoms with Crippen LogP contribution in [0.4, 0.5) is 0 Å². The summed E-state index contributed by atoms with van der Waals surface area (Å²) in [5.41, 5.74) is 2.96. The second-order valence-corrected chi connectivity index (χ2v) is 9.80. The van der Waals surface area contributed by atoms with Crippen molar-refractivity contribution in [2.24, 2.45) is 11.3 Å². The highest BCUT2D eigenvalue weighted by molar-refractivity contribution is 5.84. The van der Waals surface area contributed by atoms with Crippen LogP contribution in [-0.2, 0) is 16.0 Å². The summed E-state index contributed by atoms with van der Waals surface area (Å²) in [6.07, 6.45) is 12.6. The SMILES string of the molecule is CCNC(=O)C1(Cc2ccccc2-c2ccncc2)CCN(C(=O)CC2CCCCC2)CC1. The lowest BCUT2D eigenvalue weighted by Gasteiger charge is -2.41. The van der Waals surface area contributed by atoms with Crippen LogP contribution in [0.2, 0.25) is 0 Å². The zero-order valence-corrected chi connectivity index (χ0v) is 19.9. The predicted molar refractivity (Wildman–Crippen MR) is 131 cm³/mol. The summed E-state index contributed by atoms with van der Waals surface area (Å²) in [5, 5.41) is 3.09. The Balaban J connectivity index is 1.50. The molecule has 5 heteroatoms. The van der Waals surface area contributed by atoms with E-state index in [0.717, 1.165) is 11.1 Å². The maximum absolute atomic E-state index is 13.3. The molecule has 5 nitrogen and oxygen atoms in total. The number of pyridine rings is 1. The van der Waals surface area contributed by atoms with E-state index < -0.39 is 5.41 Å². The number of amides is 2. The molecule has 1 aliphatic carbocycles. The molecular weight excluding hydrogens is 410 g/mol. The van der Waals surface area contributed by atoms with E-state index in [-0.39, 0.29) is 11.8 Å². The molecule has 1 saturated carbocycles. The molecule has 0 radical (unpaired) electrons. The van der Waals surface area contributed by atoms with Gasteiger partial charge in [0.25, 0.3) is 0 Å². The van der Waals surface area contributed by atoms with Crippen molar-refractivity contribution in [1.82, 2.24) is 15.2 Å². The summed E-state index contributed by atoms with van der Waals surface area (Å²) in [4.78, 5) is 32.5. The number of carbonyl (C=O) groups is 2. The fraction of sp³-hybridized carbons (Fsp3) is 0.536. The van der Waals surface area contributed by atoms with Gasteiger partial charge in [-0.05, 0) is 73.8 Å². The molecule has 176 valence electrons. The largest absolute Gasteiger partial charge is 0.356 e. The van der Waals surface area contributed by atoms with E-state index in [4.69, 9.17) is 0 Å². The van der Waals surface area contributed by atoms with Crippen molar-refractivity contribution in [3.8, 4) is 11.1 Å². The average Bonchev–Trinajstić information content (AvgIpc) is 2.86. The molecular formula is C28H37N3O2. The fourth-order valence-electron chi connectivity index (χ4n) is 5.64. The second kappa shape index (κ2) is 11.0. The quantitative estimate of drug-likeness (QED) is 0.649. The standard InChI is InChI=1S/C28H37N3O2/c1-2-30-27(33)28(21-24-10-6-7-11-25(24)23-12-16-29-17-13-23)14-18-31(19-15-28)26(32)20-22-8-4-3-5-9-22/h6-7,10-13,16-17,22H,2-5,8-9,14-15,18-21H2,1H3,(H,30,33). The summed E-state index contributed by atoms with van der Waals surface area (Å²) in [6.45, 7) is 3.93. The molecule has 1 aromatic carbocycles. The first-order valence-corrected chi connectivity index (χ1v) is 12.7. The summed E-state index contributed by atoms with van der Waals surface area (Å²) in [7, 11) is 0. The first-order valence-electron chi connectivity index (χ1n) is 12.7. The normalized spacial score (nSPS) is 18.6. The Morgan fingerprint density at radius 1 is 1.03 bits per heavy atom. The van der Waals surface area contributed by atoms with E-state index in [1.807, 2.05) is 48.5 Å². The third-order valence-electron chi connectivity index (χ3n) is 7.62. The van der Waals surface area contributed by atoms with E-state index in [1.54, 1.807) is 0 Å². The van der Waals surface area contributed by atoms with E-state index >= 15 is 0 Å². The molecule has 2 fully saturated rings. The van der Waals surface area contributed by atoms with Crippen LogP contribution >= 0.6 is 0 Å². The van der Waals surface area contributed by atoms with Crippen molar-refractivity contribution < 1.29 is 9.59 Å². The Morgan fingerprint density at radius 3 is 2.42 bits per heavy atom. The monoisotopic (exact) mass is 447 g/mol. The van der Waals surface area contributed by atoms with Crippen LogP contribution in [0.5, 0.6) is 0 Å². The van der Waals surface area contributed by atoms with Gasteiger partial charge < -0.3 is 10.2 Å². The summed E-state index contributed by atoms with van der Waals surface area (Å²) in [5.74, 6) is 0.950. The van der Waals surface area contributed by atoms with Crippen molar-refractivity contribution in [3.63, 3.8) is 0 Å². The third-order valence-corrected chi connectivity index (χ3v) is 7.62. The van der Waals surface area contributed by atoms with Crippen LogP contribution in [-0.4, -0.2) is 41.3 Å². The lowest BCUT2D eigenvalue weighted by molar-refractivity contribution is -0.141. The molecule has 1 N–H and O–H groups in total. The number of piperidine rings is 1. The Bertz CT molecular complexity index is 929. The molecule has 33 heavy (non-hydrogen) atoms. The second-order valence-electron chi connectivity index (χ2n) is 9.80. The van der Waals surface area contributed by atoms with Gasteiger partial charge in [0.05, 0.1) is 5.41 Å². The highest BCUT2D eigenvalue weighted by atomic mass is 16.2. The molecule has 2 heterocycles. The Kier molecular flexibility index (Phi) is 7.79. The zero-order chi connectivity index (χ0) is 23.1. The number of benzene rings is 1. The van der Waals surface area contributed by atoms with E-state index in [9.17, 15) is 9.59 Å². The number of hydrogen-bond donors (Lipinski definition) is 1. The molecule has 0 bridgehead atoms. The zero-order valence-electron chi connectivity index (χ0n) is 19.9. The minimum Gasteiger partial charge on any atom is -0.356 e. The number of nitrogens with one attached hydrogen (secondary N) is 1. The van der Waals surface area contributed by atoms with Gasteiger partial charge in [0.15, 0.2) is 0 Å². The highest BCUT2D eigenvalue weighted by Crippen LogP contribution is 2.39. The molecule has 1 saturated heterocycles. The number of likely N-dealkylation sites (tertiary alicyclic amines) is 1. The van der Waals surface area contributed by atoms with Gasteiger partial charge in [-0.2, -0.15) is 0 Å². The van der Waals surface area contributed by atoms with E-state index in [2.05, 4.69) is 22.4 Å². The van der Waals surface area contributed by atoms with Crippen molar-refractivity contribution in [3.05, 3.63) is 54.4 Å². The maximum Gasteiger partial charge on any atom is 0.226 e. The van der Waals surface area contributed by atoms with Gasteiger partial charge in [0.2, 0.25) is 11.8 Å². The van der Waals surface area contributed by atoms with Crippen LogP contribution in [0, 0.1) is 11.3 Å². The van der Waals surface area contributed by atoms with Gasteiger partial charge in [-0.3, -0.25) is 14.6 Å². The molecule has 1 aromatic heterocycles. The van der Waals surface area contributed by atoms with Crippen molar-refractivity contribution in [1.29, 1.82) is 0 Å². The smallest absolute Gasteiger partial charge is 0.226 e. The number of hydrogen-bond acceptors (Lipinski definition) is 3. The fourth-order valence-corrected chi connectivity index (χ4v) is 5.64. The summed E-state index contributed by atoms with van der Waals surface area (Å²) in [6, 6.07) is 12.4. The van der Waals surface area contributed by atoms with Crippen LogP contribution < -0.4 is 5.32 Å². The average molecular weight is 448 g/mol. The van der Waals surface area contributed by atoms with Gasteiger partial charge in [0, 0.05) is 38.4 Å². The number of rotatable bonds is 7. The molecule has 0 unspecified atom stereocenters. The van der Waals surface area contributed by atoms with Crippen LogP contribution in [0.25, 0.3) is 11.1 Å². The van der Waals surface area contributed by atoms with Gasteiger partial charge in [-0.25, -0.2) is 0 Å². The Morgan fingerprint density at radius 2 is 1.73 bits per heavy atom. The lowest BCUT2D eigenvalue weighted by atomic mass is 9.72. The molecule has 0 atom stereocenters. The number of carbonyl (C=O) groups excluding carboxylic acids is 2. The minimum absolute atomic E-state index is 0.119. The lowest BCUT2D eigenvalue weighted by Crippen LogP contribution is -2.51. The van der Waals surface area contributed by atoms with Crippen LogP contribution in [0.1, 0.15) is 63.9 Å². The van der Waals surface area contributed by atoms with E-state index in [0.29, 0.717) is 51.2 Å². The van der Waals surface area contributed by atoms with Crippen LogP contribution in [0.15, 0.2) is 48.8 Å². The molecule has 1 aliphatic heterocycles.